The van der Waals surface area contributed by atoms with Crippen molar-refractivity contribution in [3.05, 3.63) is 12.7 Å². The van der Waals surface area contributed by atoms with E-state index in [0.717, 1.165) is 6.08 Å². The van der Waals surface area contributed by atoms with E-state index < -0.39 is 52.6 Å². The van der Waals surface area contributed by atoms with Gasteiger partial charge in [0, 0.05) is 12.5 Å². The molecule has 0 bridgehead atoms. The summed E-state index contributed by atoms with van der Waals surface area (Å²) < 4.78 is 100. The van der Waals surface area contributed by atoms with Gasteiger partial charge in [-0.15, -0.1) is 0 Å². The lowest BCUT2D eigenvalue weighted by molar-refractivity contribution is -0.259. The van der Waals surface area contributed by atoms with Gasteiger partial charge in [-0.05, 0) is 6.42 Å². The number of carbonyl (C=O) groups is 2. The summed E-state index contributed by atoms with van der Waals surface area (Å²) in [6.07, 6.45) is -10.8. The summed E-state index contributed by atoms with van der Waals surface area (Å²) in [5.41, 5.74) is 0. The number of esters is 2. The van der Waals surface area contributed by atoms with E-state index in [4.69, 9.17) is 4.55 Å². The van der Waals surface area contributed by atoms with Crippen LogP contribution in [-0.2, 0) is 29.2 Å². The number of hydrogen-bond donors (Lipinski definition) is 1. The number of ether oxygens (including phenoxy) is 2. The van der Waals surface area contributed by atoms with Gasteiger partial charge in [-0.1, -0.05) is 6.58 Å². The Morgan fingerprint density at radius 3 is 2.13 bits per heavy atom. The van der Waals surface area contributed by atoms with Crippen molar-refractivity contribution < 1.29 is 54.0 Å². The predicted molar refractivity (Wildman–Crippen MR) is 62.8 cm³/mol. The van der Waals surface area contributed by atoms with Gasteiger partial charge in [0.1, 0.15) is 0 Å². The highest BCUT2D eigenvalue weighted by molar-refractivity contribution is 7.86. The Balaban J connectivity index is 4.85. The molecule has 0 aromatic carbocycles. The van der Waals surface area contributed by atoms with Crippen molar-refractivity contribution in [1.29, 1.82) is 0 Å². The Morgan fingerprint density at radius 1 is 1.22 bits per heavy atom. The van der Waals surface area contributed by atoms with Crippen LogP contribution in [0.2, 0.25) is 0 Å². The number of halogens is 5. The number of carbonyl (C=O) groups excluding carboxylic acids is 2. The fourth-order valence-corrected chi connectivity index (χ4v) is 1.55. The van der Waals surface area contributed by atoms with Gasteiger partial charge in [0.2, 0.25) is 0 Å². The van der Waals surface area contributed by atoms with Gasteiger partial charge in [-0.2, -0.15) is 30.4 Å². The predicted octanol–water partition coefficient (Wildman–Crippen LogP) is 1.45. The molecule has 1 N–H and O–H groups in total. The minimum absolute atomic E-state index is 0.375. The normalized spacial score (nSPS) is 14.0. The highest BCUT2D eigenvalue weighted by Crippen LogP contribution is 2.38. The molecule has 0 aromatic rings. The monoisotopic (exact) mass is 370 g/mol. The van der Waals surface area contributed by atoms with E-state index in [1.54, 1.807) is 0 Å². The molecule has 0 spiro atoms. The van der Waals surface area contributed by atoms with E-state index >= 15 is 0 Å². The van der Waals surface area contributed by atoms with Gasteiger partial charge in [0.15, 0.2) is 0 Å². The van der Waals surface area contributed by atoms with E-state index in [1.807, 2.05) is 0 Å². The van der Waals surface area contributed by atoms with Gasteiger partial charge in [0.25, 0.3) is 6.10 Å². The second-order valence-corrected chi connectivity index (χ2v) is 5.42. The van der Waals surface area contributed by atoms with Crippen LogP contribution < -0.4 is 0 Å². The third-order valence-electron chi connectivity index (χ3n) is 2.13. The van der Waals surface area contributed by atoms with Crippen molar-refractivity contribution in [1.82, 2.24) is 0 Å². The molecule has 0 aromatic heterocycles. The van der Waals surface area contributed by atoms with Crippen LogP contribution >= 0.6 is 0 Å². The smallest absolute Gasteiger partial charge is 0.432 e. The summed E-state index contributed by atoms with van der Waals surface area (Å²) in [6.45, 7) is 2.60. The summed E-state index contributed by atoms with van der Waals surface area (Å²) >= 11 is 0. The summed E-state index contributed by atoms with van der Waals surface area (Å²) in [7, 11) is -6.48. The van der Waals surface area contributed by atoms with Gasteiger partial charge in [-0.25, -0.2) is 4.79 Å². The molecule has 0 saturated carbocycles. The van der Waals surface area contributed by atoms with E-state index in [-0.39, 0.29) is 6.42 Å². The number of rotatable bonds is 8. The minimum atomic E-state index is -6.48. The molecule has 1 unspecified atom stereocenters. The third-order valence-corrected chi connectivity index (χ3v) is 3.03. The molecular weight excluding hydrogens is 359 g/mol. The second kappa shape index (κ2) is 7.68. The summed E-state index contributed by atoms with van der Waals surface area (Å²) in [5, 5.41) is -5.78. The largest absolute Gasteiger partial charge is 0.463 e. The van der Waals surface area contributed by atoms with Crippen LogP contribution in [0.4, 0.5) is 22.0 Å². The molecule has 0 amide bonds. The number of alkyl halides is 5. The molecule has 0 radical (unpaired) electrons. The molecular formula is C10H11F5O7S. The first-order valence-electron chi connectivity index (χ1n) is 5.63. The van der Waals surface area contributed by atoms with Gasteiger partial charge in [-0.3, -0.25) is 9.35 Å². The van der Waals surface area contributed by atoms with Gasteiger partial charge < -0.3 is 9.47 Å². The molecule has 0 aliphatic rings. The highest BCUT2D eigenvalue weighted by atomic mass is 32.2. The van der Waals surface area contributed by atoms with Crippen molar-refractivity contribution in [2.24, 2.45) is 0 Å². The molecule has 0 heterocycles. The molecule has 0 aliphatic heterocycles. The third kappa shape index (κ3) is 6.48. The lowest BCUT2D eigenvalue weighted by atomic mass is 10.3. The van der Waals surface area contributed by atoms with Crippen LogP contribution in [0.3, 0.4) is 0 Å². The molecule has 0 saturated heterocycles. The average Bonchev–Trinajstić information content (AvgIpc) is 2.37. The molecule has 13 heteroatoms. The zero-order valence-corrected chi connectivity index (χ0v) is 12.0. The van der Waals surface area contributed by atoms with Gasteiger partial charge in [0.05, 0.1) is 6.61 Å². The maximum Gasteiger partial charge on any atom is 0.432 e. The Bertz CT molecular complexity index is 554. The Morgan fingerprint density at radius 2 is 1.74 bits per heavy atom. The summed E-state index contributed by atoms with van der Waals surface area (Å²) in [4.78, 5) is 21.7. The van der Waals surface area contributed by atoms with Crippen molar-refractivity contribution in [3.63, 3.8) is 0 Å². The first kappa shape index (κ1) is 21.2. The fraction of sp³-hybridized carbons (Fsp3) is 0.600. The lowest BCUT2D eigenvalue weighted by Gasteiger charge is -2.26. The van der Waals surface area contributed by atoms with Crippen LogP contribution in [0.1, 0.15) is 12.8 Å². The van der Waals surface area contributed by atoms with Crippen LogP contribution in [0.5, 0.6) is 0 Å². The molecule has 7 nitrogen and oxygen atoms in total. The first-order valence-corrected chi connectivity index (χ1v) is 7.07. The van der Waals surface area contributed by atoms with Crippen LogP contribution in [0, 0.1) is 0 Å². The van der Waals surface area contributed by atoms with Crippen LogP contribution in [-0.4, -0.2) is 49.1 Å². The summed E-state index contributed by atoms with van der Waals surface area (Å²) in [5.74, 6) is -2.71. The Kier molecular flexibility index (Phi) is 7.09. The Labute approximate surface area is 126 Å². The molecule has 0 aliphatic carbocycles. The van der Waals surface area contributed by atoms with Crippen molar-refractivity contribution in [2.75, 3.05) is 6.61 Å². The Hall–Kier alpha value is -1.76. The SMILES string of the molecule is C=CC(=O)OCCCC(=O)OC(C(F)(F)F)C(F)(F)S(=O)(=O)O. The van der Waals surface area contributed by atoms with E-state index in [2.05, 4.69) is 16.1 Å². The topological polar surface area (TPSA) is 107 Å². The fourth-order valence-electron chi connectivity index (χ4n) is 1.10. The van der Waals surface area contributed by atoms with Crippen molar-refractivity contribution in [2.45, 2.75) is 30.4 Å². The van der Waals surface area contributed by atoms with E-state index in [1.165, 1.54) is 0 Å². The van der Waals surface area contributed by atoms with Crippen molar-refractivity contribution in [3.8, 4) is 0 Å². The van der Waals surface area contributed by atoms with Crippen LogP contribution in [0.25, 0.3) is 0 Å². The van der Waals surface area contributed by atoms with E-state index in [9.17, 15) is 40.0 Å². The molecule has 134 valence electrons. The first-order chi connectivity index (χ1) is 10.2. The number of hydrogen-bond acceptors (Lipinski definition) is 6. The second-order valence-electron chi connectivity index (χ2n) is 3.92. The molecule has 0 rings (SSSR count). The minimum Gasteiger partial charge on any atom is -0.463 e. The standard InChI is InChI=1S/C10H11F5O7S/c1-2-6(16)21-5-3-4-7(17)22-8(9(11,12)13)10(14,15)23(18,19)20/h2,8H,1,3-5H2,(H,18,19,20). The maximum atomic E-state index is 13.1. The van der Waals surface area contributed by atoms with Gasteiger partial charge >= 0.3 is 33.5 Å². The highest BCUT2D eigenvalue weighted by Gasteiger charge is 2.65. The lowest BCUT2D eigenvalue weighted by Crippen LogP contribution is -2.52. The van der Waals surface area contributed by atoms with E-state index in [0.29, 0.717) is 0 Å². The molecule has 1 atom stereocenters. The summed E-state index contributed by atoms with van der Waals surface area (Å²) in [6, 6.07) is 0. The zero-order chi connectivity index (χ0) is 18.5. The van der Waals surface area contributed by atoms with Crippen LogP contribution in [0.15, 0.2) is 12.7 Å². The maximum absolute atomic E-state index is 13.1. The zero-order valence-electron chi connectivity index (χ0n) is 11.2. The molecule has 0 fully saturated rings. The average molecular weight is 370 g/mol. The van der Waals surface area contributed by atoms with Crippen molar-refractivity contribution >= 4 is 22.1 Å². The quantitative estimate of drug-likeness (QED) is 0.227. The molecule has 23 heavy (non-hydrogen) atoms.